The number of rotatable bonds is 6. The summed E-state index contributed by atoms with van der Waals surface area (Å²) in [5.41, 5.74) is 5.89. The van der Waals surface area contributed by atoms with Crippen LogP contribution in [-0.4, -0.2) is 51.2 Å². The van der Waals surface area contributed by atoms with E-state index in [0.29, 0.717) is 25.3 Å². The third-order valence-electron chi connectivity index (χ3n) is 3.36. The first-order chi connectivity index (χ1) is 8.76. The maximum atomic E-state index is 12.3. The average Bonchev–Trinajstić information content (AvgIpc) is 2.74. The summed E-state index contributed by atoms with van der Waals surface area (Å²) in [4.78, 5) is 18.1. The monoisotopic (exact) mass is 252 g/mol. The Kier molecular flexibility index (Phi) is 4.33. The fourth-order valence-electron chi connectivity index (χ4n) is 2.15. The predicted molar refractivity (Wildman–Crippen MR) is 67.0 cm³/mol. The summed E-state index contributed by atoms with van der Waals surface area (Å²) in [6, 6.07) is 0.268. The molecule has 1 saturated carbocycles. The van der Waals surface area contributed by atoms with Gasteiger partial charge in [0, 0.05) is 31.9 Å². The lowest BCUT2D eigenvalue weighted by Crippen LogP contribution is -2.45. The third-order valence-corrected chi connectivity index (χ3v) is 3.36. The molecule has 2 rings (SSSR count). The first kappa shape index (κ1) is 13.0. The van der Waals surface area contributed by atoms with Crippen molar-refractivity contribution in [2.24, 2.45) is 5.73 Å². The molecule has 0 radical (unpaired) electrons. The van der Waals surface area contributed by atoms with Crippen LogP contribution in [0.1, 0.15) is 29.8 Å². The van der Waals surface area contributed by atoms with Gasteiger partial charge in [0.15, 0.2) is 0 Å². The lowest BCUT2D eigenvalue weighted by Gasteiger charge is -2.36. The first-order valence-electron chi connectivity index (χ1n) is 6.40. The van der Waals surface area contributed by atoms with E-state index in [2.05, 4.69) is 4.98 Å². The quantitative estimate of drug-likeness (QED) is 0.736. The Balaban J connectivity index is 2.06. The zero-order valence-corrected chi connectivity index (χ0v) is 10.5. The average molecular weight is 252 g/mol. The van der Waals surface area contributed by atoms with E-state index >= 15 is 0 Å². The van der Waals surface area contributed by atoms with Crippen molar-refractivity contribution < 1.29 is 9.90 Å². The van der Waals surface area contributed by atoms with Crippen LogP contribution < -0.4 is 5.73 Å². The van der Waals surface area contributed by atoms with Gasteiger partial charge in [0.05, 0.1) is 12.9 Å². The van der Waals surface area contributed by atoms with Crippen LogP contribution in [-0.2, 0) is 6.54 Å². The number of aliphatic hydroxyl groups is 1. The third kappa shape index (κ3) is 2.70. The number of carbonyl (C=O) groups excluding carboxylic acids is 1. The number of imidazole rings is 1. The van der Waals surface area contributed by atoms with E-state index in [4.69, 9.17) is 10.8 Å². The molecule has 1 aliphatic carbocycles. The highest BCUT2D eigenvalue weighted by molar-refractivity contribution is 5.92. The minimum atomic E-state index is -0.0930. The summed E-state index contributed by atoms with van der Waals surface area (Å²) in [5, 5.41) is 9.05. The van der Waals surface area contributed by atoms with Crippen molar-refractivity contribution >= 4 is 5.91 Å². The second kappa shape index (κ2) is 5.97. The van der Waals surface area contributed by atoms with Crippen LogP contribution in [0.15, 0.2) is 12.5 Å². The van der Waals surface area contributed by atoms with Gasteiger partial charge >= 0.3 is 0 Å². The van der Waals surface area contributed by atoms with Crippen molar-refractivity contribution in [3.05, 3.63) is 18.2 Å². The summed E-state index contributed by atoms with van der Waals surface area (Å²) in [7, 11) is 0. The molecule has 0 spiro atoms. The Hall–Kier alpha value is -1.40. The molecule has 0 unspecified atom stereocenters. The van der Waals surface area contributed by atoms with Gasteiger partial charge in [-0.15, -0.1) is 0 Å². The van der Waals surface area contributed by atoms with Gasteiger partial charge in [0.1, 0.15) is 5.69 Å². The molecule has 0 aromatic carbocycles. The van der Waals surface area contributed by atoms with Crippen LogP contribution in [0.3, 0.4) is 0 Å². The Morgan fingerprint density at radius 2 is 2.39 bits per heavy atom. The topological polar surface area (TPSA) is 84.4 Å². The van der Waals surface area contributed by atoms with E-state index in [-0.39, 0.29) is 18.6 Å². The maximum absolute atomic E-state index is 12.3. The molecule has 0 saturated heterocycles. The van der Waals surface area contributed by atoms with E-state index in [0.717, 1.165) is 19.3 Å². The van der Waals surface area contributed by atoms with Gasteiger partial charge in [-0.1, -0.05) is 0 Å². The van der Waals surface area contributed by atoms with Crippen LogP contribution in [0.5, 0.6) is 0 Å². The molecule has 1 fully saturated rings. The molecule has 6 nitrogen and oxygen atoms in total. The standard InChI is InChI=1S/C12H20N4O2/c13-4-5-15-8-11(14-9-15)12(18)16(6-7-17)10-2-1-3-10/h8-10,17H,1-7,13H2. The summed E-state index contributed by atoms with van der Waals surface area (Å²) in [5.74, 6) is -0.0930. The molecule has 0 aliphatic heterocycles. The molecule has 1 aromatic rings. The Morgan fingerprint density at radius 3 is 2.94 bits per heavy atom. The number of aliphatic hydroxyl groups excluding tert-OH is 1. The van der Waals surface area contributed by atoms with E-state index < -0.39 is 0 Å². The van der Waals surface area contributed by atoms with Crippen molar-refractivity contribution in [3.8, 4) is 0 Å². The first-order valence-corrected chi connectivity index (χ1v) is 6.40. The molecule has 0 atom stereocenters. The Bertz CT molecular complexity index is 401. The van der Waals surface area contributed by atoms with Crippen molar-refractivity contribution in [3.63, 3.8) is 0 Å². The van der Waals surface area contributed by atoms with Gasteiger partial charge in [-0.05, 0) is 19.3 Å². The molecule has 1 amide bonds. The van der Waals surface area contributed by atoms with Crippen LogP contribution in [0.4, 0.5) is 0 Å². The zero-order chi connectivity index (χ0) is 13.0. The molecule has 3 N–H and O–H groups in total. The van der Waals surface area contributed by atoms with E-state index in [1.165, 1.54) is 0 Å². The lowest BCUT2D eigenvalue weighted by molar-refractivity contribution is 0.0520. The molecule has 6 heteroatoms. The molecular formula is C12H20N4O2. The van der Waals surface area contributed by atoms with Crippen molar-refractivity contribution in [2.75, 3.05) is 19.7 Å². The highest BCUT2D eigenvalue weighted by atomic mass is 16.3. The van der Waals surface area contributed by atoms with Crippen LogP contribution in [0, 0.1) is 0 Å². The summed E-state index contributed by atoms with van der Waals surface area (Å²) >= 11 is 0. The minimum absolute atomic E-state index is 0.00819. The molecule has 1 heterocycles. The van der Waals surface area contributed by atoms with Gasteiger partial charge in [0.25, 0.3) is 5.91 Å². The van der Waals surface area contributed by atoms with Gasteiger partial charge < -0.3 is 20.3 Å². The second-order valence-electron chi connectivity index (χ2n) is 4.59. The number of aromatic nitrogens is 2. The van der Waals surface area contributed by atoms with Gasteiger partial charge in [-0.25, -0.2) is 4.98 Å². The predicted octanol–water partition coefficient (Wildman–Crippen LogP) is -0.171. The second-order valence-corrected chi connectivity index (χ2v) is 4.59. The number of hydrogen-bond donors (Lipinski definition) is 2. The van der Waals surface area contributed by atoms with Gasteiger partial charge in [0.2, 0.25) is 0 Å². The molecule has 18 heavy (non-hydrogen) atoms. The van der Waals surface area contributed by atoms with Crippen molar-refractivity contribution in [2.45, 2.75) is 31.8 Å². The molecule has 1 aromatic heterocycles. The lowest BCUT2D eigenvalue weighted by atomic mass is 9.91. The van der Waals surface area contributed by atoms with Crippen molar-refractivity contribution in [1.82, 2.24) is 14.5 Å². The number of nitrogens with zero attached hydrogens (tertiary/aromatic N) is 3. The van der Waals surface area contributed by atoms with Gasteiger partial charge in [-0.2, -0.15) is 0 Å². The number of nitrogens with two attached hydrogens (primary N) is 1. The highest BCUT2D eigenvalue weighted by Gasteiger charge is 2.29. The molecule has 1 aliphatic rings. The number of carbonyl (C=O) groups is 1. The molecule has 0 bridgehead atoms. The fraction of sp³-hybridized carbons (Fsp3) is 0.667. The highest BCUT2D eigenvalue weighted by Crippen LogP contribution is 2.25. The maximum Gasteiger partial charge on any atom is 0.274 e. The summed E-state index contributed by atoms with van der Waals surface area (Å²) in [6.45, 7) is 1.55. The van der Waals surface area contributed by atoms with Crippen LogP contribution in [0.25, 0.3) is 0 Å². The zero-order valence-electron chi connectivity index (χ0n) is 10.5. The largest absolute Gasteiger partial charge is 0.395 e. The fourth-order valence-corrected chi connectivity index (χ4v) is 2.15. The SMILES string of the molecule is NCCn1cnc(C(=O)N(CCO)C2CCC2)c1. The van der Waals surface area contributed by atoms with Gasteiger partial charge in [-0.3, -0.25) is 4.79 Å². The van der Waals surface area contributed by atoms with Crippen LogP contribution in [0.2, 0.25) is 0 Å². The Morgan fingerprint density at radius 1 is 1.61 bits per heavy atom. The minimum Gasteiger partial charge on any atom is -0.395 e. The normalized spacial score (nSPS) is 15.4. The number of amides is 1. The number of hydrogen-bond acceptors (Lipinski definition) is 4. The van der Waals surface area contributed by atoms with E-state index in [1.807, 2.05) is 4.57 Å². The smallest absolute Gasteiger partial charge is 0.274 e. The summed E-state index contributed by atoms with van der Waals surface area (Å²) in [6.07, 6.45) is 6.54. The molecular weight excluding hydrogens is 232 g/mol. The molecule has 100 valence electrons. The van der Waals surface area contributed by atoms with Crippen LogP contribution >= 0.6 is 0 Å². The summed E-state index contributed by atoms with van der Waals surface area (Å²) < 4.78 is 1.81. The van der Waals surface area contributed by atoms with E-state index in [1.54, 1.807) is 17.4 Å². The van der Waals surface area contributed by atoms with Crippen molar-refractivity contribution in [1.29, 1.82) is 0 Å². The Labute approximate surface area is 106 Å². The van der Waals surface area contributed by atoms with E-state index in [9.17, 15) is 4.79 Å².